The molecule has 2 N–H and O–H groups in total. The van der Waals surface area contributed by atoms with Crippen molar-refractivity contribution in [1.82, 2.24) is 4.90 Å². The summed E-state index contributed by atoms with van der Waals surface area (Å²) < 4.78 is 18.1. The first-order valence-electron chi connectivity index (χ1n) is 12.5. The van der Waals surface area contributed by atoms with Crippen molar-refractivity contribution in [3.8, 4) is 0 Å². The molecule has 4 nitrogen and oxygen atoms in total. The topological polar surface area (TPSA) is 42.4 Å². The Morgan fingerprint density at radius 3 is 2.42 bits per heavy atom. The van der Waals surface area contributed by atoms with E-state index in [1.807, 2.05) is 26.0 Å². The van der Waals surface area contributed by atoms with E-state index in [1.54, 1.807) is 24.1 Å². The van der Waals surface area contributed by atoms with Gasteiger partial charge >= 0.3 is 0 Å². The molecule has 0 amide bonds. The van der Waals surface area contributed by atoms with Crippen LogP contribution in [0.1, 0.15) is 43.4 Å². The second kappa shape index (κ2) is 11.1. The Hall–Kier alpha value is -2.70. The molecule has 5 rings (SSSR count). The van der Waals surface area contributed by atoms with Crippen molar-refractivity contribution in [2.75, 3.05) is 29.3 Å². The molecule has 0 radical (unpaired) electrons. The SMILES string of the molecule is CC.Cc1ccc(SNc2cccc(C)c2C(=N)N2CCN(c3ccc(Cl)cc3F)CC23CC3)cc1. The number of nitrogens with zero attached hydrogens (tertiary/aromatic N) is 2. The summed E-state index contributed by atoms with van der Waals surface area (Å²) in [5.41, 5.74) is 4.65. The molecule has 190 valence electrons. The van der Waals surface area contributed by atoms with Crippen molar-refractivity contribution < 1.29 is 4.39 Å². The van der Waals surface area contributed by atoms with Gasteiger partial charge in [-0.05, 0) is 80.6 Å². The van der Waals surface area contributed by atoms with Gasteiger partial charge in [0.2, 0.25) is 0 Å². The summed E-state index contributed by atoms with van der Waals surface area (Å²) in [4.78, 5) is 5.47. The molecule has 0 aromatic heterocycles. The molecule has 0 unspecified atom stereocenters. The summed E-state index contributed by atoms with van der Waals surface area (Å²) in [5.74, 6) is 0.254. The van der Waals surface area contributed by atoms with E-state index in [0.29, 0.717) is 36.2 Å². The molecule has 0 bridgehead atoms. The number of amidine groups is 1. The fourth-order valence-corrected chi connectivity index (χ4v) is 5.59. The smallest absolute Gasteiger partial charge is 0.147 e. The van der Waals surface area contributed by atoms with E-state index in [0.717, 1.165) is 34.6 Å². The van der Waals surface area contributed by atoms with E-state index in [4.69, 9.17) is 11.6 Å². The lowest BCUT2D eigenvalue weighted by Gasteiger charge is -2.45. The maximum atomic E-state index is 14.6. The normalized spacial score (nSPS) is 15.8. The van der Waals surface area contributed by atoms with E-state index in [-0.39, 0.29) is 11.4 Å². The van der Waals surface area contributed by atoms with Crippen molar-refractivity contribution in [2.24, 2.45) is 0 Å². The van der Waals surface area contributed by atoms with Crippen LogP contribution in [0.25, 0.3) is 0 Å². The van der Waals surface area contributed by atoms with Gasteiger partial charge in [0.15, 0.2) is 0 Å². The van der Waals surface area contributed by atoms with Gasteiger partial charge < -0.3 is 14.5 Å². The van der Waals surface area contributed by atoms with E-state index in [2.05, 4.69) is 58.7 Å². The lowest BCUT2D eigenvalue weighted by molar-refractivity contribution is 0.258. The number of piperazine rings is 1. The quantitative estimate of drug-likeness (QED) is 0.202. The molecule has 1 aliphatic heterocycles. The molecule has 1 spiro atoms. The first-order chi connectivity index (χ1) is 17.4. The average Bonchev–Trinajstić information content (AvgIpc) is 3.63. The lowest BCUT2D eigenvalue weighted by Crippen LogP contribution is -2.57. The third-order valence-electron chi connectivity index (χ3n) is 6.81. The molecule has 2 aliphatic rings. The zero-order chi connectivity index (χ0) is 25.9. The second-order valence-electron chi connectivity index (χ2n) is 9.26. The Bertz CT molecular complexity index is 1230. The molecule has 2 fully saturated rings. The standard InChI is InChI=1S/C27H28ClFN4S.C2H6/c1-18-6-9-21(10-7-18)34-31-23-5-3-4-19(2)25(23)26(30)33-15-14-32(17-27(33)12-13-27)24-11-8-20(28)16-22(24)29;1-2/h3-11,16,30-31H,12-15,17H2,1-2H3;1-2H3. The van der Waals surface area contributed by atoms with Gasteiger partial charge in [0.05, 0.1) is 16.9 Å². The molecule has 1 heterocycles. The molecule has 3 aromatic rings. The van der Waals surface area contributed by atoms with Crippen LogP contribution in [0.5, 0.6) is 0 Å². The highest BCUT2D eigenvalue weighted by Crippen LogP contribution is 2.46. The second-order valence-corrected chi connectivity index (χ2v) is 10.6. The Balaban J connectivity index is 0.00000148. The molecule has 36 heavy (non-hydrogen) atoms. The predicted molar refractivity (Wildman–Crippen MR) is 152 cm³/mol. The number of benzene rings is 3. The summed E-state index contributed by atoms with van der Waals surface area (Å²) in [5, 5.41) is 9.63. The lowest BCUT2D eigenvalue weighted by atomic mass is 10.0. The first kappa shape index (κ1) is 26.4. The Kier molecular flexibility index (Phi) is 8.16. The van der Waals surface area contributed by atoms with Crippen molar-refractivity contribution in [1.29, 1.82) is 5.41 Å². The molecule has 1 saturated heterocycles. The number of anilines is 2. The maximum absolute atomic E-state index is 14.6. The molecule has 3 aromatic carbocycles. The van der Waals surface area contributed by atoms with Crippen LogP contribution in [0.4, 0.5) is 15.8 Å². The van der Waals surface area contributed by atoms with Crippen LogP contribution < -0.4 is 9.62 Å². The van der Waals surface area contributed by atoms with Crippen molar-refractivity contribution >= 4 is 40.8 Å². The van der Waals surface area contributed by atoms with E-state index < -0.39 is 0 Å². The predicted octanol–water partition coefficient (Wildman–Crippen LogP) is 7.92. The first-order valence-corrected chi connectivity index (χ1v) is 13.7. The van der Waals surface area contributed by atoms with Gasteiger partial charge in [-0.15, -0.1) is 0 Å². The number of hydrogen-bond acceptors (Lipinski definition) is 4. The minimum absolute atomic E-state index is 0.120. The molecular weight excluding hydrogens is 491 g/mol. The number of nitrogens with one attached hydrogen (secondary N) is 2. The maximum Gasteiger partial charge on any atom is 0.147 e. The monoisotopic (exact) mass is 524 g/mol. The zero-order valence-electron chi connectivity index (χ0n) is 21.4. The third-order valence-corrected chi connectivity index (χ3v) is 7.87. The van der Waals surface area contributed by atoms with Gasteiger partial charge in [0, 0.05) is 35.1 Å². The van der Waals surface area contributed by atoms with Gasteiger partial charge in [0.25, 0.3) is 0 Å². The van der Waals surface area contributed by atoms with Crippen LogP contribution in [0, 0.1) is 25.1 Å². The highest BCUT2D eigenvalue weighted by molar-refractivity contribution is 8.00. The van der Waals surface area contributed by atoms with E-state index in [1.165, 1.54) is 11.6 Å². The van der Waals surface area contributed by atoms with Crippen molar-refractivity contribution in [3.63, 3.8) is 0 Å². The van der Waals surface area contributed by atoms with Crippen LogP contribution in [0.15, 0.2) is 65.6 Å². The van der Waals surface area contributed by atoms with Gasteiger partial charge in [0.1, 0.15) is 11.7 Å². The van der Waals surface area contributed by atoms with Gasteiger partial charge in [-0.2, -0.15) is 0 Å². The minimum Gasteiger partial charge on any atom is -0.365 e. The highest BCUT2D eigenvalue weighted by Gasteiger charge is 2.52. The molecule has 1 aliphatic carbocycles. The van der Waals surface area contributed by atoms with Gasteiger partial charge in [-0.1, -0.05) is 55.3 Å². The van der Waals surface area contributed by atoms with Crippen LogP contribution >= 0.6 is 23.5 Å². The molecule has 1 saturated carbocycles. The number of hydrogen-bond donors (Lipinski definition) is 2. The molecular formula is C29H34ClFN4S. The fourth-order valence-electron chi connectivity index (χ4n) is 4.76. The van der Waals surface area contributed by atoms with Crippen molar-refractivity contribution in [2.45, 2.75) is 51.0 Å². The number of rotatable bonds is 5. The highest BCUT2D eigenvalue weighted by atomic mass is 35.5. The summed E-state index contributed by atoms with van der Waals surface area (Å²) in [6.45, 7) is 10.2. The van der Waals surface area contributed by atoms with Crippen LogP contribution in [-0.4, -0.2) is 35.9 Å². The fraction of sp³-hybridized carbons (Fsp3) is 0.345. The van der Waals surface area contributed by atoms with Gasteiger partial charge in [-0.25, -0.2) is 4.39 Å². The van der Waals surface area contributed by atoms with Crippen LogP contribution in [0.2, 0.25) is 5.02 Å². The van der Waals surface area contributed by atoms with Gasteiger partial charge in [-0.3, -0.25) is 5.41 Å². The van der Waals surface area contributed by atoms with E-state index in [9.17, 15) is 9.80 Å². The Labute approximate surface area is 223 Å². The number of halogens is 2. The zero-order valence-corrected chi connectivity index (χ0v) is 22.9. The van der Waals surface area contributed by atoms with Crippen LogP contribution in [0.3, 0.4) is 0 Å². The van der Waals surface area contributed by atoms with Crippen LogP contribution in [-0.2, 0) is 0 Å². The van der Waals surface area contributed by atoms with Crippen molar-refractivity contribution in [3.05, 3.63) is 88.2 Å². The Morgan fingerprint density at radius 1 is 1.03 bits per heavy atom. The minimum atomic E-state index is -0.287. The third kappa shape index (κ3) is 5.50. The van der Waals surface area contributed by atoms with E-state index >= 15 is 0 Å². The largest absolute Gasteiger partial charge is 0.365 e. The molecule has 0 atom stereocenters. The average molecular weight is 525 g/mol. The summed E-state index contributed by atoms with van der Waals surface area (Å²) in [6, 6.07) is 19.4. The summed E-state index contributed by atoms with van der Waals surface area (Å²) in [6.07, 6.45) is 2.02. The molecule has 7 heteroatoms. The summed E-state index contributed by atoms with van der Waals surface area (Å²) in [7, 11) is 0. The Morgan fingerprint density at radius 2 is 1.75 bits per heavy atom. The summed E-state index contributed by atoms with van der Waals surface area (Å²) >= 11 is 7.51. The number of aryl methyl sites for hydroxylation is 2.